The minimum absolute atomic E-state index is 0.291. The number of carbonyl (C=O) groups is 1. The van der Waals surface area contributed by atoms with Gasteiger partial charge in [-0.25, -0.2) is 0 Å². The summed E-state index contributed by atoms with van der Waals surface area (Å²) >= 11 is 0. The van der Waals surface area contributed by atoms with E-state index in [9.17, 15) is 4.79 Å². The molecule has 0 heterocycles. The molecule has 1 N–H and O–H groups in total. The SMILES string of the molecule is CCN(NC(=O)c1cc(OC)c(OC)cc1OC)c1ccc(C)cc1. The van der Waals surface area contributed by atoms with Crippen LogP contribution in [0.1, 0.15) is 22.8 Å². The molecule has 1 amide bonds. The number of ether oxygens (including phenoxy) is 3. The second kappa shape index (κ2) is 8.28. The van der Waals surface area contributed by atoms with Gasteiger partial charge in [-0.1, -0.05) is 17.7 Å². The lowest BCUT2D eigenvalue weighted by Gasteiger charge is -2.24. The Morgan fingerprint density at radius 1 is 0.960 bits per heavy atom. The summed E-state index contributed by atoms with van der Waals surface area (Å²) in [7, 11) is 4.57. The van der Waals surface area contributed by atoms with Crippen LogP contribution in [0.3, 0.4) is 0 Å². The van der Waals surface area contributed by atoms with Gasteiger partial charge in [0.2, 0.25) is 0 Å². The Morgan fingerprint density at radius 3 is 2.04 bits per heavy atom. The van der Waals surface area contributed by atoms with Crippen molar-refractivity contribution in [3.05, 3.63) is 47.5 Å². The molecular formula is C19H24N2O4. The Balaban J connectivity index is 2.31. The van der Waals surface area contributed by atoms with E-state index >= 15 is 0 Å². The summed E-state index contributed by atoms with van der Waals surface area (Å²) in [4.78, 5) is 12.8. The van der Waals surface area contributed by atoms with Crippen molar-refractivity contribution in [2.45, 2.75) is 13.8 Å². The third-order valence-corrected chi connectivity index (χ3v) is 3.85. The molecule has 2 aromatic rings. The summed E-state index contributed by atoms with van der Waals surface area (Å²) in [5.41, 5.74) is 5.33. The molecule has 25 heavy (non-hydrogen) atoms. The minimum Gasteiger partial charge on any atom is -0.496 e. The second-order valence-corrected chi connectivity index (χ2v) is 5.43. The highest BCUT2D eigenvalue weighted by Gasteiger charge is 2.19. The summed E-state index contributed by atoms with van der Waals surface area (Å²) in [6.07, 6.45) is 0. The molecule has 0 aliphatic carbocycles. The highest BCUT2D eigenvalue weighted by molar-refractivity contribution is 5.98. The number of anilines is 1. The molecule has 0 aromatic heterocycles. The Hall–Kier alpha value is -2.89. The highest BCUT2D eigenvalue weighted by Crippen LogP contribution is 2.34. The number of hydrogen-bond acceptors (Lipinski definition) is 5. The molecule has 2 rings (SSSR count). The fraction of sp³-hybridized carbons (Fsp3) is 0.316. The van der Waals surface area contributed by atoms with E-state index in [1.165, 1.54) is 21.3 Å². The highest BCUT2D eigenvalue weighted by atomic mass is 16.5. The molecule has 134 valence electrons. The summed E-state index contributed by atoms with van der Waals surface area (Å²) in [6.45, 7) is 4.60. The summed E-state index contributed by atoms with van der Waals surface area (Å²) in [5, 5.41) is 1.78. The van der Waals surface area contributed by atoms with Gasteiger partial charge in [-0.15, -0.1) is 0 Å². The number of nitrogens with zero attached hydrogens (tertiary/aromatic N) is 1. The topological polar surface area (TPSA) is 60.0 Å². The standard InChI is InChI=1S/C19H24N2O4/c1-6-21(14-9-7-13(2)8-10-14)20-19(22)15-11-17(24-4)18(25-5)12-16(15)23-3/h7-12H,6H2,1-5H3,(H,20,22). The first-order valence-corrected chi connectivity index (χ1v) is 7.99. The number of aryl methyl sites for hydroxylation is 1. The van der Waals surface area contributed by atoms with Gasteiger partial charge < -0.3 is 14.2 Å². The zero-order valence-corrected chi connectivity index (χ0v) is 15.3. The van der Waals surface area contributed by atoms with Crippen LogP contribution in [-0.4, -0.2) is 33.8 Å². The van der Waals surface area contributed by atoms with Crippen molar-refractivity contribution in [3.63, 3.8) is 0 Å². The minimum atomic E-state index is -0.291. The lowest BCUT2D eigenvalue weighted by molar-refractivity contribution is 0.0946. The molecule has 0 aliphatic heterocycles. The smallest absolute Gasteiger partial charge is 0.273 e. The number of benzene rings is 2. The number of amides is 1. The van der Waals surface area contributed by atoms with Gasteiger partial charge in [0, 0.05) is 18.7 Å². The molecule has 2 aromatic carbocycles. The molecule has 0 fully saturated rings. The van der Waals surface area contributed by atoms with E-state index in [-0.39, 0.29) is 5.91 Å². The van der Waals surface area contributed by atoms with Crippen molar-refractivity contribution in [2.75, 3.05) is 32.9 Å². The lowest BCUT2D eigenvalue weighted by Crippen LogP contribution is -2.42. The number of carbonyl (C=O) groups excluding carboxylic acids is 1. The van der Waals surface area contributed by atoms with E-state index < -0.39 is 0 Å². The quantitative estimate of drug-likeness (QED) is 0.782. The van der Waals surface area contributed by atoms with Gasteiger partial charge in [0.25, 0.3) is 5.91 Å². The van der Waals surface area contributed by atoms with E-state index in [1.807, 2.05) is 38.1 Å². The van der Waals surface area contributed by atoms with Crippen molar-refractivity contribution in [1.82, 2.24) is 5.43 Å². The van der Waals surface area contributed by atoms with Crippen molar-refractivity contribution in [3.8, 4) is 17.2 Å². The van der Waals surface area contributed by atoms with E-state index in [2.05, 4.69) is 5.43 Å². The Bertz CT molecular complexity index is 729. The Morgan fingerprint density at radius 2 is 1.52 bits per heavy atom. The largest absolute Gasteiger partial charge is 0.496 e. The van der Waals surface area contributed by atoms with Crippen LogP contribution in [0.5, 0.6) is 17.2 Å². The molecule has 0 aliphatic rings. The second-order valence-electron chi connectivity index (χ2n) is 5.43. The third kappa shape index (κ3) is 4.15. The maximum Gasteiger partial charge on any atom is 0.273 e. The summed E-state index contributed by atoms with van der Waals surface area (Å²) in [5.74, 6) is 1.09. The number of nitrogens with one attached hydrogen (secondary N) is 1. The van der Waals surface area contributed by atoms with Gasteiger partial charge in [-0.2, -0.15) is 0 Å². The van der Waals surface area contributed by atoms with Crippen LogP contribution in [-0.2, 0) is 0 Å². The summed E-state index contributed by atoms with van der Waals surface area (Å²) in [6, 6.07) is 11.2. The fourth-order valence-electron chi connectivity index (χ4n) is 2.44. The molecule has 6 nitrogen and oxygen atoms in total. The Kier molecular flexibility index (Phi) is 6.11. The molecule has 0 unspecified atom stereocenters. The van der Waals surface area contributed by atoms with Crippen molar-refractivity contribution in [1.29, 1.82) is 0 Å². The molecule has 0 radical (unpaired) electrons. The monoisotopic (exact) mass is 344 g/mol. The molecule has 0 atom stereocenters. The first kappa shape index (κ1) is 18.4. The molecule has 0 bridgehead atoms. The van der Waals surface area contributed by atoms with Gasteiger partial charge in [0.05, 0.1) is 32.6 Å². The van der Waals surface area contributed by atoms with E-state index in [0.717, 1.165) is 11.3 Å². The maximum absolute atomic E-state index is 12.8. The van der Waals surface area contributed by atoms with Crippen LogP contribution in [0.25, 0.3) is 0 Å². The molecule has 0 saturated carbocycles. The van der Waals surface area contributed by atoms with Crippen molar-refractivity contribution in [2.24, 2.45) is 0 Å². The average molecular weight is 344 g/mol. The van der Waals surface area contributed by atoms with Gasteiger partial charge in [-0.3, -0.25) is 15.2 Å². The van der Waals surface area contributed by atoms with Gasteiger partial charge >= 0.3 is 0 Å². The van der Waals surface area contributed by atoms with Crippen LogP contribution >= 0.6 is 0 Å². The zero-order valence-electron chi connectivity index (χ0n) is 15.3. The average Bonchev–Trinajstić information content (AvgIpc) is 2.65. The van der Waals surface area contributed by atoms with Crippen molar-refractivity contribution >= 4 is 11.6 Å². The normalized spacial score (nSPS) is 10.1. The molecule has 0 saturated heterocycles. The van der Waals surface area contributed by atoms with E-state index in [1.54, 1.807) is 17.1 Å². The lowest BCUT2D eigenvalue weighted by atomic mass is 10.1. The summed E-state index contributed by atoms with van der Waals surface area (Å²) < 4.78 is 15.9. The molecule has 0 spiro atoms. The van der Waals surface area contributed by atoms with Crippen LogP contribution in [0.2, 0.25) is 0 Å². The number of methoxy groups -OCH3 is 3. The van der Waals surface area contributed by atoms with Crippen LogP contribution in [0.15, 0.2) is 36.4 Å². The predicted octanol–water partition coefficient (Wildman–Crippen LogP) is 3.19. The number of hydrogen-bond donors (Lipinski definition) is 1. The van der Waals surface area contributed by atoms with Crippen LogP contribution in [0.4, 0.5) is 5.69 Å². The van der Waals surface area contributed by atoms with E-state index in [0.29, 0.717) is 29.4 Å². The van der Waals surface area contributed by atoms with E-state index in [4.69, 9.17) is 14.2 Å². The number of rotatable bonds is 7. The fourth-order valence-corrected chi connectivity index (χ4v) is 2.44. The first-order valence-electron chi connectivity index (χ1n) is 7.99. The predicted molar refractivity (Wildman–Crippen MR) is 97.8 cm³/mol. The van der Waals surface area contributed by atoms with Gasteiger partial charge in [0.15, 0.2) is 11.5 Å². The third-order valence-electron chi connectivity index (χ3n) is 3.85. The molecular weight excluding hydrogens is 320 g/mol. The maximum atomic E-state index is 12.8. The van der Waals surface area contributed by atoms with Crippen LogP contribution in [0, 0.1) is 6.92 Å². The van der Waals surface area contributed by atoms with Gasteiger partial charge in [-0.05, 0) is 26.0 Å². The van der Waals surface area contributed by atoms with Crippen molar-refractivity contribution < 1.29 is 19.0 Å². The van der Waals surface area contributed by atoms with Gasteiger partial charge in [0.1, 0.15) is 5.75 Å². The first-order chi connectivity index (χ1) is 12.0. The van der Waals surface area contributed by atoms with Crippen LogP contribution < -0.4 is 24.6 Å². The molecule has 6 heteroatoms. The number of hydrazine groups is 1. The Labute approximate surface area is 148 Å². The zero-order chi connectivity index (χ0) is 18.4.